The van der Waals surface area contributed by atoms with Gasteiger partial charge in [0.15, 0.2) is 0 Å². The Morgan fingerprint density at radius 2 is 2.33 bits per heavy atom. The number of piperidine rings is 1. The Morgan fingerprint density at radius 3 is 2.94 bits per heavy atom. The van der Waals surface area contributed by atoms with Crippen molar-refractivity contribution in [3.63, 3.8) is 0 Å². The number of rotatable bonds is 3. The average Bonchev–Trinajstić information content (AvgIpc) is 2.69. The number of carbonyl (C=O) groups is 1. The average molecular weight is 330 g/mol. The Kier molecular flexibility index (Phi) is 4.84. The third-order valence-corrected chi connectivity index (χ3v) is 5.30. The second-order valence-corrected chi connectivity index (χ2v) is 7.14. The molecule has 0 aromatic carbocycles. The highest BCUT2D eigenvalue weighted by atomic mass is 79.9. The van der Waals surface area contributed by atoms with Crippen molar-refractivity contribution in [1.82, 2.24) is 4.90 Å². The maximum atomic E-state index is 12.4. The van der Waals surface area contributed by atoms with Gasteiger partial charge in [-0.15, -0.1) is 11.3 Å². The number of aryl methyl sites for hydroxylation is 2. The standard InChI is InChI=1S/C14H20BrNOS/c1-10-8-13(18-11(10)2)14(17)16-7-3-4-12(9-16)5-6-15/h8,12H,3-7,9H2,1-2H3. The number of carbonyl (C=O) groups excluding carboxylic acids is 1. The van der Waals surface area contributed by atoms with Crippen LogP contribution in [0.15, 0.2) is 6.07 Å². The van der Waals surface area contributed by atoms with E-state index in [0.29, 0.717) is 5.92 Å². The lowest BCUT2D eigenvalue weighted by atomic mass is 9.95. The number of alkyl halides is 1. The van der Waals surface area contributed by atoms with Crippen LogP contribution in [0.4, 0.5) is 0 Å². The third kappa shape index (κ3) is 3.15. The largest absolute Gasteiger partial charge is 0.338 e. The Balaban J connectivity index is 2.04. The second kappa shape index (κ2) is 6.20. The fraction of sp³-hybridized carbons (Fsp3) is 0.643. The van der Waals surface area contributed by atoms with E-state index in [2.05, 4.69) is 29.8 Å². The number of hydrogen-bond donors (Lipinski definition) is 0. The van der Waals surface area contributed by atoms with Gasteiger partial charge in [0.1, 0.15) is 0 Å². The van der Waals surface area contributed by atoms with Crippen molar-refractivity contribution in [3.8, 4) is 0 Å². The van der Waals surface area contributed by atoms with Crippen LogP contribution in [0.5, 0.6) is 0 Å². The molecular weight excluding hydrogens is 310 g/mol. The number of nitrogens with zero attached hydrogens (tertiary/aromatic N) is 1. The van der Waals surface area contributed by atoms with Crippen LogP contribution in [0.3, 0.4) is 0 Å². The Labute approximate surface area is 122 Å². The molecule has 0 radical (unpaired) electrons. The summed E-state index contributed by atoms with van der Waals surface area (Å²) in [5.41, 5.74) is 1.23. The van der Waals surface area contributed by atoms with E-state index in [4.69, 9.17) is 0 Å². The molecular formula is C14H20BrNOS. The molecule has 1 unspecified atom stereocenters. The van der Waals surface area contributed by atoms with E-state index in [-0.39, 0.29) is 5.91 Å². The predicted octanol–water partition coefficient (Wildman–Crippen LogP) is 4.00. The smallest absolute Gasteiger partial charge is 0.263 e. The van der Waals surface area contributed by atoms with E-state index >= 15 is 0 Å². The molecule has 1 saturated heterocycles. The van der Waals surface area contributed by atoms with Crippen LogP contribution in [-0.2, 0) is 0 Å². The normalized spacial score (nSPS) is 20.2. The molecule has 1 aromatic heterocycles. The fourth-order valence-corrected chi connectivity index (χ4v) is 4.12. The molecule has 1 aromatic rings. The zero-order valence-electron chi connectivity index (χ0n) is 11.0. The summed E-state index contributed by atoms with van der Waals surface area (Å²) in [7, 11) is 0. The van der Waals surface area contributed by atoms with Crippen molar-refractivity contribution in [2.24, 2.45) is 5.92 Å². The van der Waals surface area contributed by atoms with Crippen molar-refractivity contribution < 1.29 is 4.79 Å². The summed E-state index contributed by atoms with van der Waals surface area (Å²) in [6, 6.07) is 2.04. The summed E-state index contributed by atoms with van der Waals surface area (Å²) in [5.74, 6) is 0.903. The number of halogens is 1. The van der Waals surface area contributed by atoms with E-state index in [1.807, 2.05) is 11.0 Å². The van der Waals surface area contributed by atoms with E-state index in [0.717, 1.165) is 29.7 Å². The molecule has 0 spiro atoms. The molecule has 0 saturated carbocycles. The topological polar surface area (TPSA) is 20.3 Å². The van der Waals surface area contributed by atoms with Crippen molar-refractivity contribution >= 4 is 33.2 Å². The minimum absolute atomic E-state index is 0.232. The van der Waals surface area contributed by atoms with Crippen LogP contribution in [0.2, 0.25) is 0 Å². The molecule has 2 heterocycles. The second-order valence-electron chi connectivity index (χ2n) is 5.09. The van der Waals surface area contributed by atoms with Crippen LogP contribution in [0.1, 0.15) is 39.4 Å². The van der Waals surface area contributed by atoms with Crippen molar-refractivity contribution in [1.29, 1.82) is 0 Å². The molecule has 2 nitrogen and oxygen atoms in total. The predicted molar refractivity (Wildman–Crippen MR) is 80.8 cm³/mol. The molecule has 1 aliphatic heterocycles. The number of thiophene rings is 1. The Hall–Kier alpha value is -0.350. The number of hydrogen-bond acceptors (Lipinski definition) is 2. The molecule has 4 heteroatoms. The number of amides is 1. The summed E-state index contributed by atoms with van der Waals surface area (Å²) in [6.07, 6.45) is 3.58. The maximum absolute atomic E-state index is 12.4. The lowest BCUT2D eigenvalue weighted by Gasteiger charge is -2.32. The van der Waals surface area contributed by atoms with Crippen molar-refractivity contribution in [2.45, 2.75) is 33.1 Å². The van der Waals surface area contributed by atoms with Crippen molar-refractivity contribution in [2.75, 3.05) is 18.4 Å². The highest BCUT2D eigenvalue weighted by Crippen LogP contribution is 2.26. The SMILES string of the molecule is Cc1cc(C(=O)N2CCCC(CCBr)C2)sc1C. The Morgan fingerprint density at radius 1 is 1.56 bits per heavy atom. The first-order chi connectivity index (χ1) is 8.61. The van der Waals surface area contributed by atoms with Gasteiger partial charge < -0.3 is 4.90 Å². The van der Waals surface area contributed by atoms with Gasteiger partial charge in [0, 0.05) is 23.3 Å². The Bertz CT molecular complexity index is 408. The molecule has 1 fully saturated rings. The minimum atomic E-state index is 0.232. The fourth-order valence-electron chi connectivity index (χ4n) is 2.47. The van der Waals surface area contributed by atoms with Crippen LogP contribution in [0.25, 0.3) is 0 Å². The van der Waals surface area contributed by atoms with Crippen molar-refractivity contribution in [3.05, 3.63) is 21.4 Å². The maximum Gasteiger partial charge on any atom is 0.263 e. The molecule has 1 atom stereocenters. The van der Waals surface area contributed by atoms with Gasteiger partial charge in [0.25, 0.3) is 5.91 Å². The summed E-state index contributed by atoms with van der Waals surface area (Å²) in [4.78, 5) is 16.6. The first kappa shape index (κ1) is 14.1. The summed E-state index contributed by atoms with van der Waals surface area (Å²) < 4.78 is 0. The van der Waals surface area contributed by atoms with Gasteiger partial charge in [-0.3, -0.25) is 4.79 Å². The summed E-state index contributed by atoms with van der Waals surface area (Å²) in [6.45, 7) is 6.02. The van der Waals surface area contributed by atoms with Gasteiger partial charge in [-0.2, -0.15) is 0 Å². The van der Waals surface area contributed by atoms with Crippen LogP contribution in [0, 0.1) is 19.8 Å². The van der Waals surface area contributed by atoms with E-state index in [1.54, 1.807) is 11.3 Å². The van der Waals surface area contributed by atoms with Gasteiger partial charge in [-0.05, 0) is 50.7 Å². The third-order valence-electron chi connectivity index (χ3n) is 3.70. The monoisotopic (exact) mass is 329 g/mol. The van der Waals surface area contributed by atoms with Gasteiger partial charge in [-0.25, -0.2) is 0 Å². The first-order valence-electron chi connectivity index (χ1n) is 6.54. The highest BCUT2D eigenvalue weighted by Gasteiger charge is 2.25. The van der Waals surface area contributed by atoms with Gasteiger partial charge >= 0.3 is 0 Å². The molecule has 0 bridgehead atoms. The van der Waals surface area contributed by atoms with Crippen LogP contribution < -0.4 is 0 Å². The van der Waals surface area contributed by atoms with Gasteiger partial charge in [-0.1, -0.05) is 15.9 Å². The highest BCUT2D eigenvalue weighted by molar-refractivity contribution is 9.09. The van der Waals surface area contributed by atoms with E-state index in [1.165, 1.54) is 23.3 Å². The van der Waals surface area contributed by atoms with E-state index in [9.17, 15) is 4.79 Å². The summed E-state index contributed by atoms with van der Waals surface area (Å²) >= 11 is 5.13. The van der Waals surface area contributed by atoms with Gasteiger partial charge in [0.05, 0.1) is 4.88 Å². The minimum Gasteiger partial charge on any atom is -0.338 e. The van der Waals surface area contributed by atoms with Gasteiger partial charge in [0.2, 0.25) is 0 Å². The van der Waals surface area contributed by atoms with Crippen LogP contribution >= 0.6 is 27.3 Å². The lowest BCUT2D eigenvalue weighted by Crippen LogP contribution is -2.39. The molecule has 0 aliphatic carbocycles. The zero-order valence-corrected chi connectivity index (χ0v) is 13.4. The molecule has 18 heavy (non-hydrogen) atoms. The first-order valence-corrected chi connectivity index (χ1v) is 8.48. The molecule has 100 valence electrons. The quantitative estimate of drug-likeness (QED) is 0.767. The molecule has 0 N–H and O–H groups in total. The number of likely N-dealkylation sites (tertiary alicyclic amines) is 1. The summed E-state index contributed by atoms with van der Waals surface area (Å²) in [5, 5.41) is 1.04. The molecule has 1 amide bonds. The molecule has 1 aliphatic rings. The van der Waals surface area contributed by atoms with E-state index < -0.39 is 0 Å². The molecule has 2 rings (SSSR count). The lowest BCUT2D eigenvalue weighted by molar-refractivity contribution is 0.0677. The van der Waals surface area contributed by atoms with Crippen LogP contribution in [-0.4, -0.2) is 29.2 Å². The zero-order chi connectivity index (χ0) is 13.1.